The monoisotopic (exact) mass is 272 g/mol. The van der Waals surface area contributed by atoms with Crippen molar-refractivity contribution in [3.8, 4) is 10.7 Å². The third-order valence-electron chi connectivity index (χ3n) is 2.72. The Morgan fingerprint density at radius 1 is 1.11 bits per heavy atom. The van der Waals surface area contributed by atoms with Crippen LogP contribution < -0.4 is 0 Å². The Morgan fingerprint density at radius 3 is 2.58 bits per heavy atom. The fourth-order valence-corrected chi connectivity index (χ4v) is 2.38. The lowest BCUT2D eigenvalue weighted by Gasteiger charge is -2.00. The van der Waals surface area contributed by atoms with Gasteiger partial charge in [0.25, 0.3) is 0 Å². The quantitative estimate of drug-likeness (QED) is 0.788. The molecular weight excluding hydrogens is 260 g/mol. The SMILES string of the molecule is OCc1ccc(Cn2nnc(-c3cccs3)n2)cc1. The maximum Gasteiger partial charge on any atom is 0.214 e. The molecule has 0 aliphatic heterocycles. The minimum absolute atomic E-state index is 0.0599. The van der Waals surface area contributed by atoms with E-state index in [1.54, 1.807) is 16.1 Å². The summed E-state index contributed by atoms with van der Waals surface area (Å²) >= 11 is 1.59. The van der Waals surface area contributed by atoms with Crippen molar-refractivity contribution in [2.45, 2.75) is 13.2 Å². The van der Waals surface area contributed by atoms with Gasteiger partial charge in [0.2, 0.25) is 5.82 Å². The van der Waals surface area contributed by atoms with Gasteiger partial charge in [0, 0.05) is 0 Å². The summed E-state index contributed by atoms with van der Waals surface area (Å²) in [5, 5.41) is 23.4. The van der Waals surface area contributed by atoms with Gasteiger partial charge in [-0.1, -0.05) is 30.3 Å². The zero-order valence-corrected chi connectivity index (χ0v) is 10.9. The van der Waals surface area contributed by atoms with E-state index >= 15 is 0 Å². The van der Waals surface area contributed by atoms with Crippen LogP contribution in [0.25, 0.3) is 10.7 Å². The predicted molar refractivity (Wildman–Crippen MR) is 72.6 cm³/mol. The zero-order chi connectivity index (χ0) is 13.1. The number of aliphatic hydroxyl groups is 1. The van der Waals surface area contributed by atoms with Crippen LogP contribution in [0.3, 0.4) is 0 Å². The molecule has 2 aromatic heterocycles. The minimum atomic E-state index is 0.0599. The molecule has 0 spiro atoms. The lowest BCUT2D eigenvalue weighted by molar-refractivity contribution is 0.282. The highest BCUT2D eigenvalue weighted by Crippen LogP contribution is 2.19. The summed E-state index contributed by atoms with van der Waals surface area (Å²) in [6.45, 7) is 0.633. The molecule has 0 saturated heterocycles. The Bertz CT molecular complexity index is 646. The number of aliphatic hydroxyl groups excluding tert-OH is 1. The first-order chi connectivity index (χ1) is 9.35. The van der Waals surface area contributed by atoms with E-state index in [2.05, 4.69) is 15.4 Å². The number of tetrazole rings is 1. The second-order valence-corrected chi connectivity index (χ2v) is 5.04. The molecular formula is C13H12N4OS. The van der Waals surface area contributed by atoms with Gasteiger partial charge < -0.3 is 5.11 Å². The van der Waals surface area contributed by atoms with Crippen LogP contribution in [0.2, 0.25) is 0 Å². The smallest absolute Gasteiger partial charge is 0.214 e. The van der Waals surface area contributed by atoms with Crippen LogP contribution in [0.1, 0.15) is 11.1 Å². The van der Waals surface area contributed by atoms with E-state index in [-0.39, 0.29) is 6.61 Å². The number of nitrogens with zero attached hydrogens (tertiary/aromatic N) is 4. The van der Waals surface area contributed by atoms with Gasteiger partial charge in [-0.05, 0) is 27.8 Å². The highest BCUT2D eigenvalue weighted by atomic mass is 32.1. The molecule has 0 aliphatic carbocycles. The van der Waals surface area contributed by atoms with Crippen LogP contribution in [0.4, 0.5) is 0 Å². The molecule has 3 aromatic rings. The molecule has 19 heavy (non-hydrogen) atoms. The highest BCUT2D eigenvalue weighted by molar-refractivity contribution is 7.13. The average molecular weight is 272 g/mol. The third-order valence-corrected chi connectivity index (χ3v) is 3.59. The maximum absolute atomic E-state index is 8.99. The van der Waals surface area contributed by atoms with Crippen LogP contribution in [0.15, 0.2) is 41.8 Å². The third kappa shape index (κ3) is 2.69. The topological polar surface area (TPSA) is 63.8 Å². The molecule has 3 rings (SSSR count). The Labute approximate surface area is 114 Å². The minimum Gasteiger partial charge on any atom is -0.392 e. The lowest BCUT2D eigenvalue weighted by atomic mass is 10.1. The molecule has 6 heteroatoms. The van der Waals surface area contributed by atoms with Crippen molar-refractivity contribution in [3.05, 3.63) is 52.9 Å². The van der Waals surface area contributed by atoms with Crippen molar-refractivity contribution in [1.82, 2.24) is 20.2 Å². The fourth-order valence-electron chi connectivity index (χ4n) is 1.73. The summed E-state index contributed by atoms with van der Waals surface area (Å²) in [7, 11) is 0. The summed E-state index contributed by atoms with van der Waals surface area (Å²) in [6.07, 6.45) is 0. The molecule has 0 unspecified atom stereocenters. The summed E-state index contributed by atoms with van der Waals surface area (Å²) in [4.78, 5) is 2.59. The summed E-state index contributed by atoms with van der Waals surface area (Å²) in [6, 6.07) is 11.6. The predicted octanol–water partition coefficient (Wildman–Crippen LogP) is 1.94. The number of aromatic nitrogens is 4. The molecule has 0 saturated carbocycles. The molecule has 1 aromatic carbocycles. The second kappa shape index (κ2) is 5.29. The van der Waals surface area contributed by atoms with Crippen molar-refractivity contribution in [2.75, 3.05) is 0 Å². The number of hydrogen-bond acceptors (Lipinski definition) is 5. The first kappa shape index (κ1) is 12.0. The van der Waals surface area contributed by atoms with Gasteiger partial charge in [0.1, 0.15) is 0 Å². The Kier molecular flexibility index (Phi) is 3.35. The van der Waals surface area contributed by atoms with Gasteiger partial charge in [-0.25, -0.2) is 0 Å². The lowest BCUT2D eigenvalue weighted by Crippen LogP contribution is -2.04. The van der Waals surface area contributed by atoms with Crippen LogP contribution >= 0.6 is 11.3 Å². The molecule has 0 radical (unpaired) electrons. The maximum atomic E-state index is 8.99. The van der Waals surface area contributed by atoms with Gasteiger partial charge in [-0.2, -0.15) is 4.80 Å². The molecule has 2 heterocycles. The zero-order valence-electron chi connectivity index (χ0n) is 10.1. The van der Waals surface area contributed by atoms with Crippen LogP contribution in [0, 0.1) is 0 Å². The van der Waals surface area contributed by atoms with Crippen molar-refractivity contribution >= 4 is 11.3 Å². The van der Waals surface area contributed by atoms with Crippen molar-refractivity contribution in [2.24, 2.45) is 0 Å². The van der Waals surface area contributed by atoms with Crippen molar-refractivity contribution in [1.29, 1.82) is 0 Å². The fraction of sp³-hybridized carbons (Fsp3) is 0.154. The molecule has 0 atom stereocenters. The number of benzene rings is 1. The van der Waals surface area contributed by atoms with Crippen LogP contribution in [0.5, 0.6) is 0 Å². The Morgan fingerprint density at radius 2 is 1.89 bits per heavy atom. The molecule has 1 N–H and O–H groups in total. The standard InChI is InChI=1S/C13H12N4OS/c18-9-11-5-3-10(4-6-11)8-17-15-13(14-16-17)12-2-1-7-19-12/h1-7,18H,8-9H2. The van der Waals surface area contributed by atoms with E-state index in [4.69, 9.17) is 5.11 Å². The molecule has 96 valence electrons. The summed E-state index contributed by atoms with van der Waals surface area (Å²) < 4.78 is 0. The van der Waals surface area contributed by atoms with E-state index in [1.807, 2.05) is 41.8 Å². The summed E-state index contributed by atoms with van der Waals surface area (Å²) in [5.74, 6) is 0.655. The normalized spacial score (nSPS) is 10.8. The largest absolute Gasteiger partial charge is 0.392 e. The Balaban J connectivity index is 1.76. The van der Waals surface area contributed by atoms with E-state index in [1.165, 1.54) is 0 Å². The van der Waals surface area contributed by atoms with Gasteiger partial charge >= 0.3 is 0 Å². The van der Waals surface area contributed by atoms with E-state index in [0.29, 0.717) is 12.4 Å². The molecule has 0 aliphatic rings. The molecule has 0 fully saturated rings. The first-order valence-electron chi connectivity index (χ1n) is 5.85. The van der Waals surface area contributed by atoms with Crippen LogP contribution in [-0.2, 0) is 13.2 Å². The van der Waals surface area contributed by atoms with Crippen LogP contribution in [-0.4, -0.2) is 25.3 Å². The second-order valence-electron chi connectivity index (χ2n) is 4.10. The highest BCUT2D eigenvalue weighted by Gasteiger charge is 2.06. The van der Waals surface area contributed by atoms with E-state index in [9.17, 15) is 0 Å². The van der Waals surface area contributed by atoms with Crippen molar-refractivity contribution < 1.29 is 5.11 Å². The number of rotatable bonds is 4. The van der Waals surface area contributed by atoms with E-state index in [0.717, 1.165) is 16.0 Å². The summed E-state index contributed by atoms with van der Waals surface area (Å²) in [5.41, 5.74) is 1.97. The molecule has 0 bridgehead atoms. The van der Waals surface area contributed by atoms with Gasteiger partial charge in [0.05, 0.1) is 18.0 Å². The van der Waals surface area contributed by atoms with Gasteiger partial charge in [0.15, 0.2) is 0 Å². The molecule has 0 amide bonds. The number of thiophene rings is 1. The Hall–Kier alpha value is -2.05. The number of hydrogen-bond donors (Lipinski definition) is 1. The first-order valence-corrected chi connectivity index (χ1v) is 6.73. The average Bonchev–Trinajstić information content (AvgIpc) is 3.10. The van der Waals surface area contributed by atoms with Gasteiger partial charge in [-0.15, -0.1) is 21.5 Å². The van der Waals surface area contributed by atoms with E-state index < -0.39 is 0 Å². The van der Waals surface area contributed by atoms with Crippen molar-refractivity contribution in [3.63, 3.8) is 0 Å². The molecule has 5 nitrogen and oxygen atoms in total. The van der Waals surface area contributed by atoms with Gasteiger partial charge in [-0.3, -0.25) is 0 Å².